The van der Waals surface area contributed by atoms with Gasteiger partial charge in [0.2, 0.25) is 0 Å². The molecule has 0 aliphatic carbocycles. The molecule has 0 radical (unpaired) electrons. The standard InChI is InChI=1S/C16H13N3O2S2/c20-15(21-7-2-4-11-3-1-5-17-10-11)13-9-12-14(23-13)18-16-19(12)6-8-22-16/h1,3,5-6,8-10H,2,4,7H2. The first kappa shape index (κ1) is 14.3. The van der Waals surface area contributed by atoms with Crippen molar-refractivity contribution in [3.05, 3.63) is 52.6 Å². The van der Waals surface area contributed by atoms with E-state index in [0.29, 0.717) is 11.5 Å². The number of imidazole rings is 1. The van der Waals surface area contributed by atoms with Gasteiger partial charge in [0, 0.05) is 24.0 Å². The number of aryl methyl sites for hydroxylation is 1. The third-order valence-electron chi connectivity index (χ3n) is 3.51. The zero-order valence-electron chi connectivity index (χ0n) is 12.1. The summed E-state index contributed by atoms with van der Waals surface area (Å²) in [7, 11) is 0. The molecule has 23 heavy (non-hydrogen) atoms. The highest BCUT2D eigenvalue weighted by molar-refractivity contribution is 7.21. The molecule has 0 fully saturated rings. The minimum atomic E-state index is -0.275. The number of fused-ring (bicyclic) bond motifs is 3. The maximum Gasteiger partial charge on any atom is 0.348 e. The molecule has 0 N–H and O–H groups in total. The van der Waals surface area contributed by atoms with Gasteiger partial charge in [-0.25, -0.2) is 9.78 Å². The van der Waals surface area contributed by atoms with Crippen molar-refractivity contribution in [1.82, 2.24) is 14.4 Å². The molecule has 4 rings (SSSR count). The summed E-state index contributed by atoms with van der Waals surface area (Å²) in [6.45, 7) is 0.407. The molecule has 0 saturated heterocycles. The van der Waals surface area contributed by atoms with E-state index in [1.54, 1.807) is 17.5 Å². The summed E-state index contributed by atoms with van der Waals surface area (Å²) in [5.74, 6) is -0.275. The molecule has 0 aliphatic rings. The Balaban J connectivity index is 1.38. The number of esters is 1. The second-order valence-corrected chi connectivity index (χ2v) is 6.97. The highest BCUT2D eigenvalue weighted by Gasteiger charge is 2.15. The lowest BCUT2D eigenvalue weighted by atomic mass is 10.2. The quantitative estimate of drug-likeness (QED) is 0.409. The molecule has 4 aromatic heterocycles. The summed E-state index contributed by atoms with van der Waals surface area (Å²) in [4.78, 5) is 23.1. The van der Waals surface area contributed by atoms with Gasteiger partial charge in [0.25, 0.3) is 0 Å². The van der Waals surface area contributed by atoms with Gasteiger partial charge in [-0.1, -0.05) is 6.07 Å². The average molecular weight is 343 g/mol. The molecule has 0 spiro atoms. The van der Waals surface area contributed by atoms with Gasteiger partial charge >= 0.3 is 5.97 Å². The van der Waals surface area contributed by atoms with Crippen molar-refractivity contribution >= 4 is 44.0 Å². The first-order valence-corrected chi connectivity index (χ1v) is 8.92. The second kappa shape index (κ2) is 6.10. The van der Waals surface area contributed by atoms with Gasteiger partial charge in [0.15, 0.2) is 4.96 Å². The lowest BCUT2D eigenvalue weighted by molar-refractivity contribution is 0.0506. The minimum Gasteiger partial charge on any atom is -0.461 e. The monoisotopic (exact) mass is 343 g/mol. The number of hydrogen-bond donors (Lipinski definition) is 0. The molecular formula is C16H13N3O2S2. The summed E-state index contributed by atoms with van der Waals surface area (Å²) in [6.07, 6.45) is 7.19. The van der Waals surface area contributed by atoms with Crippen LogP contribution in [0.3, 0.4) is 0 Å². The van der Waals surface area contributed by atoms with E-state index in [4.69, 9.17) is 4.74 Å². The number of nitrogens with zero attached hydrogens (tertiary/aromatic N) is 3. The van der Waals surface area contributed by atoms with Crippen molar-refractivity contribution < 1.29 is 9.53 Å². The maximum atomic E-state index is 12.1. The molecule has 0 bridgehead atoms. The predicted molar refractivity (Wildman–Crippen MR) is 91.3 cm³/mol. The fraction of sp³-hybridized carbons (Fsp3) is 0.188. The number of hydrogen-bond acceptors (Lipinski definition) is 6. The molecule has 0 atom stereocenters. The Morgan fingerprint density at radius 2 is 2.35 bits per heavy atom. The number of carbonyl (C=O) groups is 1. The summed E-state index contributed by atoms with van der Waals surface area (Å²) >= 11 is 2.96. The van der Waals surface area contributed by atoms with Crippen LogP contribution in [0.5, 0.6) is 0 Å². The highest BCUT2D eigenvalue weighted by Crippen LogP contribution is 2.28. The average Bonchev–Trinajstić information content (AvgIpc) is 3.24. The summed E-state index contributed by atoms with van der Waals surface area (Å²) < 4.78 is 7.35. The Hall–Kier alpha value is -2.25. The van der Waals surface area contributed by atoms with E-state index in [1.165, 1.54) is 11.3 Å². The number of pyridine rings is 1. The summed E-state index contributed by atoms with van der Waals surface area (Å²) in [5, 5.41) is 1.98. The molecule has 5 nitrogen and oxygen atoms in total. The van der Waals surface area contributed by atoms with Crippen LogP contribution < -0.4 is 0 Å². The zero-order valence-corrected chi connectivity index (χ0v) is 13.8. The Labute approximate surface area is 140 Å². The third-order valence-corrected chi connectivity index (χ3v) is 5.26. The molecule has 116 valence electrons. The fourth-order valence-corrected chi connectivity index (χ4v) is 4.10. The number of thiophene rings is 1. The van der Waals surface area contributed by atoms with Gasteiger partial charge < -0.3 is 4.74 Å². The third kappa shape index (κ3) is 2.85. The Morgan fingerprint density at radius 3 is 3.22 bits per heavy atom. The Morgan fingerprint density at radius 1 is 1.39 bits per heavy atom. The largest absolute Gasteiger partial charge is 0.461 e. The van der Waals surface area contributed by atoms with Gasteiger partial charge in [-0.3, -0.25) is 9.38 Å². The van der Waals surface area contributed by atoms with Gasteiger partial charge in [-0.05, 0) is 30.5 Å². The van der Waals surface area contributed by atoms with Gasteiger partial charge in [-0.2, -0.15) is 0 Å². The van der Waals surface area contributed by atoms with Crippen molar-refractivity contribution in [3.63, 3.8) is 0 Å². The van der Waals surface area contributed by atoms with Crippen molar-refractivity contribution in [1.29, 1.82) is 0 Å². The number of ether oxygens (including phenoxy) is 1. The normalized spacial score (nSPS) is 11.3. The van der Waals surface area contributed by atoms with Crippen LogP contribution in [0.2, 0.25) is 0 Å². The molecule has 7 heteroatoms. The van der Waals surface area contributed by atoms with E-state index in [2.05, 4.69) is 9.97 Å². The second-order valence-electron chi connectivity index (χ2n) is 5.07. The van der Waals surface area contributed by atoms with Crippen LogP contribution in [0.1, 0.15) is 21.7 Å². The molecule has 0 unspecified atom stereocenters. The topological polar surface area (TPSA) is 56.5 Å². The van der Waals surface area contributed by atoms with Crippen LogP contribution in [0.25, 0.3) is 15.3 Å². The van der Waals surface area contributed by atoms with Crippen molar-refractivity contribution in [3.8, 4) is 0 Å². The molecular weight excluding hydrogens is 330 g/mol. The van der Waals surface area contributed by atoms with E-state index in [0.717, 1.165) is 33.7 Å². The van der Waals surface area contributed by atoms with E-state index < -0.39 is 0 Å². The van der Waals surface area contributed by atoms with Crippen LogP contribution >= 0.6 is 22.7 Å². The van der Waals surface area contributed by atoms with Gasteiger partial charge in [0.05, 0.1) is 12.1 Å². The van der Waals surface area contributed by atoms with Crippen molar-refractivity contribution in [2.45, 2.75) is 12.8 Å². The number of aromatic nitrogens is 3. The fourth-order valence-electron chi connectivity index (χ4n) is 2.41. The molecule has 0 aliphatic heterocycles. The van der Waals surface area contributed by atoms with Gasteiger partial charge in [0.1, 0.15) is 9.71 Å². The van der Waals surface area contributed by atoms with E-state index in [9.17, 15) is 4.79 Å². The molecule has 4 heterocycles. The first-order valence-electron chi connectivity index (χ1n) is 7.22. The lowest BCUT2D eigenvalue weighted by Gasteiger charge is -2.03. The van der Waals surface area contributed by atoms with Crippen molar-refractivity contribution in [2.24, 2.45) is 0 Å². The molecule has 4 aromatic rings. The van der Waals surface area contributed by atoms with E-state index in [1.807, 2.05) is 40.4 Å². The van der Waals surface area contributed by atoms with Crippen LogP contribution in [0.15, 0.2) is 42.2 Å². The number of thiazole rings is 1. The smallest absolute Gasteiger partial charge is 0.348 e. The van der Waals surface area contributed by atoms with Gasteiger partial charge in [-0.15, -0.1) is 22.7 Å². The zero-order chi connectivity index (χ0) is 15.6. The molecule has 0 aromatic carbocycles. The van der Waals surface area contributed by atoms with Crippen molar-refractivity contribution in [2.75, 3.05) is 6.61 Å². The SMILES string of the molecule is O=C(OCCCc1cccnc1)c1cc2c(nc3sccn32)s1. The summed E-state index contributed by atoms with van der Waals surface area (Å²) in [6, 6.07) is 5.79. The lowest BCUT2D eigenvalue weighted by Crippen LogP contribution is -2.05. The van der Waals surface area contributed by atoms with Crippen LogP contribution in [-0.4, -0.2) is 26.9 Å². The van der Waals surface area contributed by atoms with Crippen LogP contribution in [-0.2, 0) is 11.2 Å². The number of rotatable bonds is 5. The maximum absolute atomic E-state index is 12.1. The van der Waals surface area contributed by atoms with Crippen LogP contribution in [0, 0.1) is 0 Å². The minimum absolute atomic E-state index is 0.275. The predicted octanol–water partition coefficient (Wildman–Crippen LogP) is 3.80. The summed E-state index contributed by atoms with van der Waals surface area (Å²) in [5.41, 5.74) is 2.12. The first-order chi connectivity index (χ1) is 11.3. The van der Waals surface area contributed by atoms with Crippen LogP contribution in [0.4, 0.5) is 0 Å². The number of carbonyl (C=O) groups excluding carboxylic acids is 1. The van der Waals surface area contributed by atoms with E-state index >= 15 is 0 Å². The van der Waals surface area contributed by atoms with E-state index in [-0.39, 0.29) is 5.97 Å². The highest BCUT2D eigenvalue weighted by atomic mass is 32.1. The molecule has 0 saturated carbocycles. The Bertz CT molecular complexity index is 956. The molecule has 0 amide bonds. The Kier molecular flexibility index (Phi) is 3.80.